The minimum atomic E-state index is 0.0922. The highest BCUT2D eigenvalue weighted by Gasteiger charge is 2.34. The molecule has 0 radical (unpaired) electrons. The molecule has 2 nitrogen and oxygen atoms in total. The van der Waals surface area contributed by atoms with Crippen molar-refractivity contribution in [2.24, 2.45) is 0 Å². The highest BCUT2D eigenvalue weighted by molar-refractivity contribution is 5.26. The molecule has 19 heavy (non-hydrogen) atoms. The second-order valence-corrected chi connectivity index (χ2v) is 6.56. The lowest BCUT2D eigenvalue weighted by Crippen LogP contribution is -2.47. The summed E-state index contributed by atoms with van der Waals surface area (Å²) >= 11 is 0. The highest BCUT2D eigenvalue weighted by atomic mass is 16.5. The molecule has 1 saturated heterocycles. The maximum Gasteiger partial charge on any atom is 0.0779 e. The Bertz CT molecular complexity index is 413. The first kappa shape index (κ1) is 13.1. The van der Waals surface area contributed by atoms with Gasteiger partial charge >= 0.3 is 0 Å². The average Bonchev–Trinajstić information content (AvgIpc) is 2.77. The summed E-state index contributed by atoms with van der Waals surface area (Å²) in [6, 6.07) is 9.72. The van der Waals surface area contributed by atoms with Crippen LogP contribution in [0.3, 0.4) is 0 Å². The Morgan fingerprint density at radius 1 is 1.26 bits per heavy atom. The van der Waals surface area contributed by atoms with E-state index in [9.17, 15) is 0 Å². The monoisotopic (exact) mass is 259 g/mol. The molecule has 1 heterocycles. The van der Waals surface area contributed by atoms with Crippen LogP contribution in [0.4, 0.5) is 0 Å². The van der Waals surface area contributed by atoms with E-state index in [1.54, 1.807) is 0 Å². The number of hydrogen-bond donors (Lipinski definition) is 1. The van der Waals surface area contributed by atoms with E-state index < -0.39 is 0 Å². The molecule has 2 fully saturated rings. The Morgan fingerprint density at radius 3 is 2.63 bits per heavy atom. The van der Waals surface area contributed by atoms with Crippen LogP contribution in [-0.4, -0.2) is 24.8 Å². The van der Waals surface area contributed by atoms with Gasteiger partial charge < -0.3 is 10.1 Å². The van der Waals surface area contributed by atoms with Crippen molar-refractivity contribution in [3.63, 3.8) is 0 Å². The zero-order chi connectivity index (χ0) is 13.3. The fourth-order valence-electron chi connectivity index (χ4n) is 3.23. The maximum absolute atomic E-state index is 5.82. The first-order valence-electron chi connectivity index (χ1n) is 7.59. The predicted octanol–water partition coefficient (Wildman–Crippen LogP) is 3.40. The summed E-state index contributed by atoms with van der Waals surface area (Å²) in [6.45, 7) is 6.34. The van der Waals surface area contributed by atoms with E-state index in [1.165, 1.54) is 36.8 Å². The van der Waals surface area contributed by atoms with Gasteiger partial charge in [0.15, 0.2) is 0 Å². The van der Waals surface area contributed by atoms with Crippen LogP contribution in [0.25, 0.3) is 0 Å². The van der Waals surface area contributed by atoms with Gasteiger partial charge in [-0.15, -0.1) is 0 Å². The van der Waals surface area contributed by atoms with Crippen molar-refractivity contribution >= 4 is 0 Å². The zero-order valence-electron chi connectivity index (χ0n) is 12.1. The van der Waals surface area contributed by atoms with Gasteiger partial charge in [0.05, 0.1) is 5.60 Å². The summed E-state index contributed by atoms with van der Waals surface area (Å²) in [5.41, 5.74) is 2.95. The van der Waals surface area contributed by atoms with E-state index >= 15 is 0 Å². The fourth-order valence-corrected chi connectivity index (χ4v) is 3.23. The Balaban J connectivity index is 1.44. The Hall–Kier alpha value is -0.860. The van der Waals surface area contributed by atoms with Gasteiger partial charge in [-0.05, 0) is 51.0 Å². The molecule has 0 spiro atoms. The summed E-state index contributed by atoms with van der Waals surface area (Å²) < 4.78 is 5.82. The molecule has 1 aromatic carbocycles. The van der Waals surface area contributed by atoms with Crippen molar-refractivity contribution in [2.45, 2.75) is 57.1 Å². The molecule has 1 N–H and O–H groups in total. The Kier molecular flexibility index (Phi) is 3.64. The zero-order valence-corrected chi connectivity index (χ0v) is 12.1. The predicted molar refractivity (Wildman–Crippen MR) is 78.5 cm³/mol. The third-order valence-electron chi connectivity index (χ3n) is 4.75. The van der Waals surface area contributed by atoms with Gasteiger partial charge in [-0.25, -0.2) is 0 Å². The maximum atomic E-state index is 5.82. The lowest BCUT2D eigenvalue weighted by Gasteiger charge is -2.38. The van der Waals surface area contributed by atoms with Gasteiger partial charge in [0, 0.05) is 19.2 Å². The van der Waals surface area contributed by atoms with Crippen molar-refractivity contribution < 1.29 is 4.74 Å². The quantitative estimate of drug-likeness (QED) is 0.895. The summed E-state index contributed by atoms with van der Waals surface area (Å²) in [4.78, 5) is 0. The van der Waals surface area contributed by atoms with Crippen LogP contribution in [0.1, 0.15) is 49.7 Å². The van der Waals surface area contributed by atoms with Crippen LogP contribution in [0, 0.1) is 6.92 Å². The van der Waals surface area contributed by atoms with Crippen molar-refractivity contribution in [1.29, 1.82) is 0 Å². The summed E-state index contributed by atoms with van der Waals surface area (Å²) in [5.74, 6) is 0.760. The van der Waals surface area contributed by atoms with Crippen molar-refractivity contribution in [3.8, 4) is 0 Å². The third kappa shape index (κ3) is 3.01. The van der Waals surface area contributed by atoms with E-state index in [0.717, 1.165) is 19.1 Å². The molecule has 2 aliphatic rings. The molecule has 1 saturated carbocycles. The standard InChI is InChI=1S/C17H25NO/c1-13-4-6-14(7-5-13)15-10-16(11-15)18-12-17(2)8-3-9-19-17/h4-7,15-16,18H,3,8-12H2,1-2H3. The molecular formula is C17H25NO. The van der Waals surface area contributed by atoms with E-state index in [2.05, 4.69) is 43.4 Å². The number of aryl methyl sites for hydroxylation is 1. The molecule has 104 valence electrons. The molecule has 1 atom stereocenters. The van der Waals surface area contributed by atoms with Crippen LogP contribution in [0.5, 0.6) is 0 Å². The van der Waals surface area contributed by atoms with Gasteiger partial charge in [0.25, 0.3) is 0 Å². The van der Waals surface area contributed by atoms with Crippen molar-refractivity contribution in [3.05, 3.63) is 35.4 Å². The fraction of sp³-hybridized carbons (Fsp3) is 0.647. The van der Waals surface area contributed by atoms with E-state index in [4.69, 9.17) is 4.74 Å². The van der Waals surface area contributed by atoms with Crippen LogP contribution < -0.4 is 5.32 Å². The number of nitrogens with one attached hydrogen (secondary N) is 1. The van der Waals surface area contributed by atoms with Gasteiger partial charge in [-0.2, -0.15) is 0 Å². The summed E-state index contributed by atoms with van der Waals surface area (Å²) in [6.07, 6.45) is 4.97. The van der Waals surface area contributed by atoms with E-state index in [0.29, 0.717) is 6.04 Å². The first-order chi connectivity index (χ1) is 9.15. The lowest BCUT2D eigenvalue weighted by atomic mass is 9.75. The molecule has 1 aromatic rings. The normalized spacial score (nSPS) is 34.2. The molecule has 0 bridgehead atoms. The molecule has 0 amide bonds. The average molecular weight is 259 g/mol. The van der Waals surface area contributed by atoms with E-state index in [-0.39, 0.29) is 5.60 Å². The number of rotatable bonds is 4. The second-order valence-electron chi connectivity index (χ2n) is 6.56. The van der Waals surface area contributed by atoms with Crippen molar-refractivity contribution in [1.82, 2.24) is 5.32 Å². The first-order valence-corrected chi connectivity index (χ1v) is 7.59. The highest BCUT2D eigenvalue weighted by Crippen LogP contribution is 2.37. The van der Waals surface area contributed by atoms with E-state index in [1.807, 2.05) is 0 Å². The lowest BCUT2D eigenvalue weighted by molar-refractivity contribution is 0.0158. The molecular weight excluding hydrogens is 234 g/mol. The second kappa shape index (κ2) is 5.26. The number of ether oxygens (including phenoxy) is 1. The van der Waals surface area contributed by atoms with Gasteiger partial charge in [-0.1, -0.05) is 29.8 Å². The minimum absolute atomic E-state index is 0.0922. The third-order valence-corrected chi connectivity index (χ3v) is 4.75. The molecule has 0 aromatic heterocycles. The Labute approximate surface area is 116 Å². The molecule has 3 rings (SSSR count). The van der Waals surface area contributed by atoms with Gasteiger partial charge in [0.1, 0.15) is 0 Å². The molecule has 2 heteroatoms. The Morgan fingerprint density at radius 2 is 2.00 bits per heavy atom. The van der Waals surface area contributed by atoms with Crippen LogP contribution in [0.15, 0.2) is 24.3 Å². The minimum Gasteiger partial charge on any atom is -0.374 e. The summed E-state index contributed by atoms with van der Waals surface area (Å²) in [7, 11) is 0. The van der Waals surface area contributed by atoms with Crippen molar-refractivity contribution in [2.75, 3.05) is 13.2 Å². The van der Waals surface area contributed by atoms with Crippen LogP contribution in [-0.2, 0) is 4.74 Å². The topological polar surface area (TPSA) is 21.3 Å². The van der Waals surface area contributed by atoms with Crippen LogP contribution in [0.2, 0.25) is 0 Å². The summed E-state index contributed by atoms with van der Waals surface area (Å²) in [5, 5.41) is 3.69. The molecule has 1 aliphatic carbocycles. The van der Waals surface area contributed by atoms with Gasteiger partial charge in [-0.3, -0.25) is 0 Å². The van der Waals surface area contributed by atoms with Gasteiger partial charge in [0.2, 0.25) is 0 Å². The smallest absolute Gasteiger partial charge is 0.0779 e. The number of hydrogen-bond acceptors (Lipinski definition) is 2. The molecule has 1 aliphatic heterocycles. The SMILES string of the molecule is Cc1ccc(C2CC(NCC3(C)CCCO3)C2)cc1. The number of benzene rings is 1. The largest absolute Gasteiger partial charge is 0.374 e. The molecule has 1 unspecified atom stereocenters. The van der Waals surface area contributed by atoms with Crippen LogP contribution >= 0.6 is 0 Å².